The smallest absolute Gasteiger partial charge is 0.326 e. The maximum absolute atomic E-state index is 13.2. The van der Waals surface area contributed by atoms with E-state index in [1.165, 1.54) is 19.1 Å². The van der Waals surface area contributed by atoms with E-state index < -0.39 is 59.9 Å². The van der Waals surface area contributed by atoms with Gasteiger partial charge in [-0.25, -0.2) is 4.79 Å². The molecule has 196 valence electrons. The van der Waals surface area contributed by atoms with Crippen molar-refractivity contribution in [2.24, 2.45) is 17.6 Å². The van der Waals surface area contributed by atoms with E-state index in [-0.39, 0.29) is 18.1 Å². The van der Waals surface area contributed by atoms with E-state index >= 15 is 0 Å². The van der Waals surface area contributed by atoms with Crippen molar-refractivity contribution >= 4 is 23.7 Å². The van der Waals surface area contributed by atoms with Crippen LogP contribution in [-0.4, -0.2) is 69.3 Å². The Morgan fingerprint density at radius 1 is 0.886 bits per heavy atom. The summed E-state index contributed by atoms with van der Waals surface area (Å²) in [6, 6.07) is 1.31. The van der Waals surface area contributed by atoms with E-state index in [2.05, 4.69) is 16.0 Å². The summed E-state index contributed by atoms with van der Waals surface area (Å²) in [6.07, 6.45) is -0.690. The minimum Gasteiger partial charge on any atom is -0.508 e. The number of nitrogens with one attached hydrogen (secondary N) is 3. The van der Waals surface area contributed by atoms with Gasteiger partial charge >= 0.3 is 5.97 Å². The number of amides is 3. The third kappa shape index (κ3) is 9.18. The number of carboxylic acids is 1. The molecule has 6 atom stereocenters. The normalized spacial score (nSPS) is 16.3. The van der Waals surface area contributed by atoms with Crippen LogP contribution in [0, 0.1) is 11.8 Å². The van der Waals surface area contributed by atoms with Crippen LogP contribution in [0.15, 0.2) is 24.3 Å². The van der Waals surface area contributed by atoms with Gasteiger partial charge in [-0.05, 0) is 36.5 Å². The molecule has 8 N–H and O–H groups in total. The molecule has 1 aromatic carbocycles. The molecule has 35 heavy (non-hydrogen) atoms. The number of nitrogens with two attached hydrogens (primary N) is 1. The van der Waals surface area contributed by atoms with Gasteiger partial charge in [0.25, 0.3) is 0 Å². The van der Waals surface area contributed by atoms with Crippen molar-refractivity contribution in [3.05, 3.63) is 29.8 Å². The summed E-state index contributed by atoms with van der Waals surface area (Å²) in [6.45, 7) is 8.19. The van der Waals surface area contributed by atoms with E-state index in [9.17, 15) is 34.5 Å². The Balaban J connectivity index is 3.13. The van der Waals surface area contributed by atoms with Gasteiger partial charge in [0.2, 0.25) is 17.7 Å². The fraction of sp³-hybridized carbons (Fsp3) is 0.583. The maximum Gasteiger partial charge on any atom is 0.326 e. The van der Waals surface area contributed by atoms with E-state index in [1.54, 1.807) is 32.9 Å². The number of benzene rings is 1. The SMILES string of the molecule is CCC(C)C(N)C(=O)NC(Cc1ccc(O)cc1)C(=O)NC(C(=O)NC(C(=O)O)C(C)C)C(C)O. The minimum absolute atomic E-state index is 0.0168. The number of hydrogen-bond donors (Lipinski definition) is 7. The molecule has 0 radical (unpaired) electrons. The van der Waals surface area contributed by atoms with Gasteiger partial charge in [-0.2, -0.15) is 0 Å². The van der Waals surface area contributed by atoms with Gasteiger partial charge in [0.15, 0.2) is 0 Å². The summed E-state index contributed by atoms with van der Waals surface area (Å²) >= 11 is 0. The number of carbonyl (C=O) groups excluding carboxylic acids is 3. The van der Waals surface area contributed by atoms with E-state index in [4.69, 9.17) is 5.73 Å². The first kappa shape index (κ1) is 29.9. The maximum atomic E-state index is 13.2. The average Bonchev–Trinajstić information content (AvgIpc) is 2.79. The van der Waals surface area contributed by atoms with Crippen LogP contribution in [0.4, 0.5) is 0 Å². The van der Waals surface area contributed by atoms with Crippen LogP contribution in [-0.2, 0) is 25.6 Å². The van der Waals surface area contributed by atoms with Crippen LogP contribution in [0.3, 0.4) is 0 Å². The Hall–Kier alpha value is -3.18. The zero-order chi connectivity index (χ0) is 26.9. The molecule has 0 heterocycles. The molecule has 11 heteroatoms. The quantitative estimate of drug-likeness (QED) is 0.197. The van der Waals surface area contributed by atoms with Gasteiger partial charge in [-0.3, -0.25) is 14.4 Å². The molecule has 11 nitrogen and oxygen atoms in total. The minimum atomic E-state index is -1.47. The number of carboxylic acid groups (broad SMARTS) is 1. The van der Waals surface area contributed by atoms with Crippen molar-refractivity contribution in [2.75, 3.05) is 0 Å². The van der Waals surface area contributed by atoms with Gasteiger partial charge < -0.3 is 37.0 Å². The number of aliphatic hydroxyl groups excluding tert-OH is 1. The molecular formula is C24H38N4O7. The Kier molecular flexibility index (Phi) is 11.6. The number of hydrogen-bond acceptors (Lipinski definition) is 7. The zero-order valence-corrected chi connectivity index (χ0v) is 20.8. The second-order valence-corrected chi connectivity index (χ2v) is 9.14. The van der Waals surface area contributed by atoms with Crippen LogP contribution in [0.25, 0.3) is 0 Å². The number of carbonyl (C=O) groups is 4. The lowest BCUT2D eigenvalue weighted by molar-refractivity contribution is -0.144. The van der Waals surface area contributed by atoms with Crippen molar-refractivity contribution in [3.63, 3.8) is 0 Å². The van der Waals surface area contributed by atoms with Crippen molar-refractivity contribution in [3.8, 4) is 5.75 Å². The molecule has 3 amide bonds. The highest BCUT2D eigenvalue weighted by molar-refractivity contribution is 5.94. The Morgan fingerprint density at radius 3 is 1.89 bits per heavy atom. The average molecular weight is 495 g/mol. The first-order valence-electron chi connectivity index (χ1n) is 11.6. The summed E-state index contributed by atoms with van der Waals surface area (Å²) in [7, 11) is 0. The van der Waals surface area contributed by atoms with E-state index in [0.29, 0.717) is 12.0 Å². The lowest BCUT2D eigenvalue weighted by Crippen LogP contribution is -2.61. The van der Waals surface area contributed by atoms with Gasteiger partial charge in [-0.1, -0.05) is 46.2 Å². The second-order valence-electron chi connectivity index (χ2n) is 9.14. The molecule has 0 aliphatic rings. The summed E-state index contributed by atoms with van der Waals surface area (Å²) in [5.41, 5.74) is 6.62. The number of rotatable bonds is 13. The molecule has 6 unspecified atom stereocenters. The largest absolute Gasteiger partial charge is 0.508 e. The third-order valence-corrected chi connectivity index (χ3v) is 5.86. The summed E-state index contributed by atoms with van der Waals surface area (Å²) in [5.74, 6) is -4.00. The number of phenols is 1. The summed E-state index contributed by atoms with van der Waals surface area (Å²) < 4.78 is 0. The molecule has 0 bridgehead atoms. The summed E-state index contributed by atoms with van der Waals surface area (Å²) in [5, 5.41) is 36.4. The molecule has 0 aliphatic heterocycles. The van der Waals surface area contributed by atoms with Crippen LogP contribution in [0.1, 0.15) is 46.6 Å². The number of phenolic OH excluding ortho intramolecular Hbond substituents is 1. The Morgan fingerprint density at radius 2 is 1.43 bits per heavy atom. The summed E-state index contributed by atoms with van der Waals surface area (Å²) in [4.78, 5) is 50.0. The molecule has 0 aliphatic carbocycles. The lowest BCUT2D eigenvalue weighted by atomic mass is 9.98. The van der Waals surface area contributed by atoms with Crippen molar-refractivity contribution in [1.29, 1.82) is 0 Å². The molecule has 1 rings (SSSR count). The topological polar surface area (TPSA) is 191 Å². The van der Waals surface area contributed by atoms with E-state index in [1.807, 2.05) is 6.92 Å². The van der Waals surface area contributed by atoms with Crippen LogP contribution < -0.4 is 21.7 Å². The number of aromatic hydroxyl groups is 1. The van der Waals surface area contributed by atoms with Crippen molar-refractivity contribution in [2.45, 2.75) is 77.7 Å². The molecule has 0 aromatic heterocycles. The first-order chi connectivity index (χ1) is 16.3. The number of aliphatic carboxylic acids is 1. The molecule has 1 aromatic rings. The third-order valence-electron chi connectivity index (χ3n) is 5.86. The second kappa shape index (κ2) is 13.6. The molecule has 0 spiro atoms. The monoisotopic (exact) mass is 494 g/mol. The van der Waals surface area contributed by atoms with Crippen LogP contribution in [0.5, 0.6) is 5.75 Å². The highest BCUT2D eigenvalue weighted by Gasteiger charge is 2.34. The van der Waals surface area contributed by atoms with Crippen LogP contribution in [0.2, 0.25) is 0 Å². The van der Waals surface area contributed by atoms with Gasteiger partial charge in [0.1, 0.15) is 23.9 Å². The van der Waals surface area contributed by atoms with Gasteiger partial charge in [-0.15, -0.1) is 0 Å². The van der Waals surface area contributed by atoms with E-state index in [0.717, 1.165) is 0 Å². The molecule has 0 saturated heterocycles. The molecule has 0 fully saturated rings. The van der Waals surface area contributed by atoms with Crippen molar-refractivity contribution in [1.82, 2.24) is 16.0 Å². The van der Waals surface area contributed by atoms with Crippen LogP contribution >= 0.6 is 0 Å². The first-order valence-corrected chi connectivity index (χ1v) is 11.6. The zero-order valence-electron chi connectivity index (χ0n) is 20.8. The number of aliphatic hydroxyl groups is 1. The van der Waals surface area contributed by atoms with Gasteiger partial charge in [0, 0.05) is 6.42 Å². The highest BCUT2D eigenvalue weighted by Crippen LogP contribution is 2.13. The predicted molar refractivity (Wildman–Crippen MR) is 129 cm³/mol. The molecular weight excluding hydrogens is 456 g/mol. The lowest BCUT2D eigenvalue weighted by Gasteiger charge is -2.28. The Bertz CT molecular complexity index is 873. The predicted octanol–water partition coefficient (Wildman–Crippen LogP) is -0.116. The van der Waals surface area contributed by atoms with Gasteiger partial charge in [0.05, 0.1) is 12.1 Å². The fourth-order valence-electron chi connectivity index (χ4n) is 3.27. The molecule has 0 saturated carbocycles. The standard InChI is InChI=1S/C24H38N4O7/c1-6-13(4)18(25)22(32)26-17(11-15-7-9-16(30)10-8-15)21(31)28-20(14(5)29)23(33)27-19(12(2)3)24(34)35/h7-10,12-14,17-20,29-30H,6,11,25H2,1-5H3,(H,26,32)(H,27,33)(H,28,31)(H,34,35). The van der Waals surface area contributed by atoms with Crippen molar-refractivity contribution < 1.29 is 34.5 Å². The Labute approximate surface area is 205 Å². The fourth-order valence-corrected chi connectivity index (χ4v) is 3.27. The highest BCUT2D eigenvalue weighted by atomic mass is 16.4.